The van der Waals surface area contributed by atoms with Gasteiger partial charge in [0, 0.05) is 16.1 Å². The quantitative estimate of drug-likeness (QED) is 0.771. The number of rotatable bonds is 2. The molecule has 4 heteroatoms. The fourth-order valence-electron chi connectivity index (χ4n) is 1.85. The summed E-state index contributed by atoms with van der Waals surface area (Å²) in [7, 11) is 0. The minimum absolute atomic E-state index is 0.0808. The van der Waals surface area contributed by atoms with E-state index in [1.807, 2.05) is 6.92 Å². The molecule has 0 saturated carbocycles. The van der Waals surface area contributed by atoms with Crippen LogP contribution in [0.15, 0.2) is 36.4 Å². The normalized spacial score (nSPS) is 11.2. The molecule has 2 aromatic carbocycles. The Bertz CT molecular complexity index is 651. The van der Waals surface area contributed by atoms with Crippen LogP contribution in [-0.4, -0.2) is 5.11 Å². The zero-order valence-electron chi connectivity index (χ0n) is 10.1. The number of phenolic OH excluding ortho intramolecular Hbond substituents is 1. The molecular formula is C15H11Cl2FO. The average Bonchev–Trinajstić information content (AvgIpc) is 2.35. The van der Waals surface area contributed by atoms with Gasteiger partial charge in [-0.3, -0.25) is 0 Å². The van der Waals surface area contributed by atoms with Gasteiger partial charge in [0.25, 0.3) is 0 Å². The van der Waals surface area contributed by atoms with Crippen LogP contribution in [0.2, 0.25) is 10.0 Å². The summed E-state index contributed by atoms with van der Waals surface area (Å²) in [5.74, 6) is -0.669. The van der Waals surface area contributed by atoms with Crippen molar-refractivity contribution in [2.24, 2.45) is 0 Å². The van der Waals surface area contributed by atoms with Crippen LogP contribution < -0.4 is 0 Å². The number of phenols is 1. The predicted octanol–water partition coefficient (Wildman–Crippen LogP) is 5.54. The van der Waals surface area contributed by atoms with E-state index >= 15 is 0 Å². The fraction of sp³-hybridized carbons (Fsp3) is 0.0667. The van der Waals surface area contributed by atoms with E-state index in [1.54, 1.807) is 24.3 Å². The molecule has 0 unspecified atom stereocenters. The van der Waals surface area contributed by atoms with Crippen molar-refractivity contribution in [2.45, 2.75) is 6.92 Å². The molecular weight excluding hydrogens is 286 g/mol. The minimum atomic E-state index is -0.532. The molecule has 0 aliphatic heterocycles. The standard InChI is InChI=1S/C15H11Cl2FO/c1-2-3-9-4-7-13(18)14(15(9)19)11-6-5-10(16)8-12(11)17/h2-8,19H,1H3/b3-2+. The van der Waals surface area contributed by atoms with E-state index in [9.17, 15) is 9.50 Å². The van der Waals surface area contributed by atoms with Gasteiger partial charge in [-0.2, -0.15) is 0 Å². The Labute approximate surface area is 120 Å². The van der Waals surface area contributed by atoms with Crippen molar-refractivity contribution in [2.75, 3.05) is 0 Å². The van der Waals surface area contributed by atoms with Gasteiger partial charge < -0.3 is 5.11 Å². The third kappa shape index (κ3) is 2.75. The Morgan fingerprint density at radius 2 is 1.89 bits per heavy atom. The zero-order chi connectivity index (χ0) is 14.0. The van der Waals surface area contributed by atoms with Crippen LogP contribution in [0.25, 0.3) is 17.2 Å². The Hall–Kier alpha value is -1.51. The minimum Gasteiger partial charge on any atom is -0.507 e. The highest BCUT2D eigenvalue weighted by atomic mass is 35.5. The Balaban J connectivity index is 2.70. The summed E-state index contributed by atoms with van der Waals surface area (Å²) in [6.45, 7) is 1.82. The molecule has 0 bridgehead atoms. The second-order valence-electron chi connectivity index (χ2n) is 3.98. The van der Waals surface area contributed by atoms with Crippen molar-refractivity contribution < 1.29 is 9.50 Å². The van der Waals surface area contributed by atoms with Crippen molar-refractivity contribution in [3.63, 3.8) is 0 Å². The summed E-state index contributed by atoms with van der Waals surface area (Å²) in [6, 6.07) is 7.51. The molecule has 19 heavy (non-hydrogen) atoms. The summed E-state index contributed by atoms with van der Waals surface area (Å²) >= 11 is 11.9. The second-order valence-corrected chi connectivity index (χ2v) is 4.83. The van der Waals surface area contributed by atoms with Crippen LogP contribution in [-0.2, 0) is 0 Å². The molecule has 0 saturated heterocycles. The van der Waals surface area contributed by atoms with E-state index < -0.39 is 5.82 Å². The first-order valence-corrected chi connectivity index (χ1v) is 6.39. The first-order valence-electron chi connectivity index (χ1n) is 5.64. The number of aromatic hydroxyl groups is 1. The number of hydrogen-bond acceptors (Lipinski definition) is 1. The molecule has 1 nitrogen and oxygen atoms in total. The third-order valence-corrected chi connectivity index (χ3v) is 3.25. The van der Waals surface area contributed by atoms with Crippen LogP contribution in [0.5, 0.6) is 5.75 Å². The molecule has 0 heterocycles. The van der Waals surface area contributed by atoms with E-state index in [0.29, 0.717) is 21.2 Å². The molecule has 0 aromatic heterocycles. The van der Waals surface area contributed by atoms with Crippen LogP contribution in [0.4, 0.5) is 4.39 Å². The lowest BCUT2D eigenvalue weighted by Crippen LogP contribution is -1.89. The first-order chi connectivity index (χ1) is 9.04. The van der Waals surface area contributed by atoms with Crippen LogP contribution in [0, 0.1) is 5.82 Å². The SMILES string of the molecule is C/C=C/c1ccc(F)c(-c2ccc(Cl)cc2Cl)c1O. The maximum Gasteiger partial charge on any atom is 0.134 e. The van der Waals surface area contributed by atoms with E-state index in [0.717, 1.165) is 0 Å². The van der Waals surface area contributed by atoms with Gasteiger partial charge in [-0.1, -0.05) is 41.4 Å². The molecule has 0 fully saturated rings. The van der Waals surface area contributed by atoms with E-state index in [-0.39, 0.29) is 11.3 Å². The summed E-state index contributed by atoms with van der Waals surface area (Å²) in [4.78, 5) is 0. The molecule has 0 radical (unpaired) electrons. The van der Waals surface area contributed by atoms with Gasteiger partial charge in [-0.25, -0.2) is 4.39 Å². The Morgan fingerprint density at radius 1 is 1.16 bits per heavy atom. The molecule has 0 amide bonds. The largest absolute Gasteiger partial charge is 0.507 e. The molecule has 0 aliphatic carbocycles. The lowest BCUT2D eigenvalue weighted by molar-refractivity contribution is 0.470. The van der Waals surface area contributed by atoms with Crippen molar-refractivity contribution in [1.82, 2.24) is 0 Å². The lowest BCUT2D eigenvalue weighted by atomic mass is 10.0. The summed E-state index contributed by atoms with van der Waals surface area (Å²) in [6.07, 6.45) is 3.46. The maximum atomic E-state index is 14.0. The van der Waals surface area contributed by atoms with Crippen molar-refractivity contribution >= 4 is 29.3 Å². The smallest absolute Gasteiger partial charge is 0.134 e. The van der Waals surface area contributed by atoms with Gasteiger partial charge in [0.1, 0.15) is 11.6 Å². The van der Waals surface area contributed by atoms with Gasteiger partial charge in [0.2, 0.25) is 0 Å². The van der Waals surface area contributed by atoms with Gasteiger partial charge in [0.05, 0.1) is 10.6 Å². The monoisotopic (exact) mass is 296 g/mol. The number of allylic oxidation sites excluding steroid dienone is 1. The molecule has 0 aliphatic rings. The lowest BCUT2D eigenvalue weighted by Gasteiger charge is -2.11. The first kappa shape index (κ1) is 13.9. The molecule has 98 valence electrons. The summed E-state index contributed by atoms with van der Waals surface area (Å²) in [5, 5.41) is 10.9. The maximum absolute atomic E-state index is 14.0. The highest BCUT2D eigenvalue weighted by Crippen LogP contribution is 2.39. The number of halogens is 3. The fourth-order valence-corrected chi connectivity index (χ4v) is 2.35. The predicted molar refractivity (Wildman–Crippen MR) is 78.2 cm³/mol. The zero-order valence-corrected chi connectivity index (χ0v) is 11.6. The van der Waals surface area contributed by atoms with Gasteiger partial charge >= 0.3 is 0 Å². The van der Waals surface area contributed by atoms with Crippen LogP contribution in [0.1, 0.15) is 12.5 Å². The van der Waals surface area contributed by atoms with Gasteiger partial charge in [-0.05, 0) is 31.2 Å². The molecule has 2 aromatic rings. The highest BCUT2D eigenvalue weighted by Gasteiger charge is 2.16. The third-order valence-electron chi connectivity index (χ3n) is 2.70. The number of hydrogen-bond donors (Lipinski definition) is 1. The second kappa shape index (κ2) is 5.64. The van der Waals surface area contributed by atoms with E-state index in [1.165, 1.54) is 18.2 Å². The molecule has 0 spiro atoms. The van der Waals surface area contributed by atoms with E-state index in [4.69, 9.17) is 23.2 Å². The van der Waals surface area contributed by atoms with Crippen LogP contribution in [0.3, 0.4) is 0 Å². The van der Waals surface area contributed by atoms with Gasteiger partial charge in [-0.15, -0.1) is 0 Å². The Morgan fingerprint density at radius 3 is 2.53 bits per heavy atom. The van der Waals surface area contributed by atoms with Gasteiger partial charge in [0.15, 0.2) is 0 Å². The van der Waals surface area contributed by atoms with Crippen molar-refractivity contribution in [1.29, 1.82) is 0 Å². The van der Waals surface area contributed by atoms with E-state index in [2.05, 4.69) is 0 Å². The topological polar surface area (TPSA) is 20.2 Å². The van der Waals surface area contributed by atoms with Crippen molar-refractivity contribution in [3.05, 3.63) is 57.8 Å². The number of benzene rings is 2. The van der Waals surface area contributed by atoms with Crippen LogP contribution >= 0.6 is 23.2 Å². The summed E-state index contributed by atoms with van der Waals surface area (Å²) < 4.78 is 14.0. The highest BCUT2D eigenvalue weighted by molar-refractivity contribution is 6.36. The van der Waals surface area contributed by atoms with Crippen molar-refractivity contribution in [3.8, 4) is 16.9 Å². The molecule has 2 rings (SSSR count). The summed E-state index contributed by atoms with van der Waals surface area (Å²) in [5.41, 5.74) is 1.02. The molecule has 0 atom stereocenters. The molecule has 1 N–H and O–H groups in total. The average molecular weight is 297 g/mol. The Kier molecular flexibility index (Phi) is 4.13.